The third-order valence-corrected chi connectivity index (χ3v) is 3.96. The lowest BCUT2D eigenvalue weighted by atomic mass is 10.2. The monoisotopic (exact) mass is 352 g/mol. The average Bonchev–Trinajstić information content (AvgIpc) is 2.98. The first-order valence-electron chi connectivity index (χ1n) is 5.84. The number of nitrogens with zero attached hydrogens (tertiary/aromatic N) is 4. The van der Waals surface area contributed by atoms with Gasteiger partial charge in [-0.3, -0.25) is 0 Å². The third kappa shape index (κ3) is 2.32. The average molecular weight is 353 g/mol. The van der Waals surface area contributed by atoms with Crippen LogP contribution in [0, 0.1) is 0 Å². The number of carbonyl (C=O) groups is 1. The van der Waals surface area contributed by atoms with Crippen molar-refractivity contribution in [3.63, 3.8) is 0 Å². The molecule has 0 saturated heterocycles. The molecule has 0 aliphatic carbocycles. The van der Waals surface area contributed by atoms with Crippen LogP contribution in [-0.2, 0) is 4.74 Å². The molecular formula is C12H9BrN4O2S. The van der Waals surface area contributed by atoms with E-state index in [0.29, 0.717) is 4.96 Å². The molecule has 0 aliphatic rings. The van der Waals surface area contributed by atoms with Gasteiger partial charge in [0.05, 0.1) is 6.61 Å². The van der Waals surface area contributed by atoms with Gasteiger partial charge in [-0.05, 0) is 19.1 Å². The van der Waals surface area contributed by atoms with E-state index >= 15 is 0 Å². The summed E-state index contributed by atoms with van der Waals surface area (Å²) in [6.07, 6.45) is 0. The van der Waals surface area contributed by atoms with Gasteiger partial charge >= 0.3 is 5.97 Å². The van der Waals surface area contributed by atoms with Crippen LogP contribution in [0.4, 0.5) is 0 Å². The summed E-state index contributed by atoms with van der Waals surface area (Å²) >= 11 is 4.79. The van der Waals surface area contributed by atoms with E-state index in [1.807, 2.05) is 24.3 Å². The van der Waals surface area contributed by atoms with Crippen molar-refractivity contribution in [2.75, 3.05) is 6.61 Å². The van der Waals surface area contributed by atoms with Gasteiger partial charge in [-0.25, -0.2) is 4.79 Å². The van der Waals surface area contributed by atoms with Crippen LogP contribution in [0.5, 0.6) is 0 Å². The fraction of sp³-hybridized carbons (Fsp3) is 0.167. The van der Waals surface area contributed by atoms with E-state index < -0.39 is 5.97 Å². The molecule has 102 valence electrons. The van der Waals surface area contributed by atoms with Crippen molar-refractivity contribution in [3.8, 4) is 10.6 Å². The number of hydrogen-bond donors (Lipinski definition) is 0. The van der Waals surface area contributed by atoms with Crippen LogP contribution < -0.4 is 0 Å². The Balaban J connectivity index is 2.05. The number of carbonyl (C=O) groups excluding carboxylic acids is 1. The number of rotatable bonds is 3. The quantitative estimate of drug-likeness (QED) is 0.678. The molecule has 8 heteroatoms. The first-order valence-corrected chi connectivity index (χ1v) is 7.45. The molecular weight excluding hydrogens is 344 g/mol. The summed E-state index contributed by atoms with van der Waals surface area (Å²) in [5.74, 6) is -0.426. The maximum atomic E-state index is 11.7. The fourth-order valence-electron chi connectivity index (χ4n) is 1.68. The van der Waals surface area contributed by atoms with Gasteiger partial charge in [-0.2, -0.15) is 9.61 Å². The zero-order valence-electron chi connectivity index (χ0n) is 10.4. The van der Waals surface area contributed by atoms with Crippen molar-refractivity contribution in [1.82, 2.24) is 19.8 Å². The second kappa shape index (κ2) is 5.29. The molecule has 2 aromatic heterocycles. The summed E-state index contributed by atoms with van der Waals surface area (Å²) in [7, 11) is 0. The van der Waals surface area contributed by atoms with Crippen LogP contribution in [0.3, 0.4) is 0 Å². The summed E-state index contributed by atoms with van der Waals surface area (Å²) < 4.78 is 7.30. The van der Waals surface area contributed by atoms with Crippen LogP contribution >= 0.6 is 27.3 Å². The Labute approximate surface area is 126 Å². The first kappa shape index (κ1) is 13.2. The van der Waals surface area contributed by atoms with Gasteiger partial charge < -0.3 is 4.74 Å². The highest BCUT2D eigenvalue weighted by molar-refractivity contribution is 9.10. The Morgan fingerprint density at radius 1 is 1.45 bits per heavy atom. The molecule has 0 saturated carbocycles. The molecule has 3 rings (SSSR count). The highest BCUT2D eigenvalue weighted by atomic mass is 79.9. The van der Waals surface area contributed by atoms with E-state index in [2.05, 4.69) is 31.2 Å². The number of esters is 1. The molecule has 0 bridgehead atoms. The lowest BCUT2D eigenvalue weighted by Gasteiger charge is -1.97. The number of hydrogen-bond acceptors (Lipinski definition) is 6. The van der Waals surface area contributed by atoms with Gasteiger partial charge in [0.25, 0.3) is 5.82 Å². The second-order valence-electron chi connectivity index (χ2n) is 3.86. The number of fused-ring (bicyclic) bond motifs is 1. The van der Waals surface area contributed by atoms with Gasteiger partial charge in [0.15, 0.2) is 0 Å². The topological polar surface area (TPSA) is 69.4 Å². The number of benzene rings is 1. The Morgan fingerprint density at radius 2 is 2.30 bits per heavy atom. The highest BCUT2D eigenvalue weighted by Crippen LogP contribution is 2.27. The van der Waals surface area contributed by atoms with E-state index in [4.69, 9.17) is 4.74 Å². The minimum absolute atomic E-state index is 0.0966. The maximum absolute atomic E-state index is 11.7. The largest absolute Gasteiger partial charge is 0.460 e. The van der Waals surface area contributed by atoms with E-state index in [1.165, 1.54) is 15.9 Å². The summed E-state index contributed by atoms with van der Waals surface area (Å²) in [6.45, 7) is 2.03. The Morgan fingerprint density at radius 3 is 3.05 bits per heavy atom. The van der Waals surface area contributed by atoms with Crippen molar-refractivity contribution in [2.24, 2.45) is 0 Å². The van der Waals surface area contributed by atoms with Crippen molar-refractivity contribution in [3.05, 3.63) is 34.6 Å². The van der Waals surface area contributed by atoms with Gasteiger partial charge in [-0.1, -0.05) is 39.4 Å². The maximum Gasteiger partial charge on any atom is 0.378 e. The van der Waals surface area contributed by atoms with E-state index in [0.717, 1.165) is 15.0 Å². The van der Waals surface area contributed by atoms with Crippen molar-refractivity contribution in [1.29, 1.82) is 0 Å². The van der Waals surface area contributed by atoms with Gasteiger partial charge in [0.2, 0.25) is 4.96 Å². The highest BCUT2D eigenvalue weighted by Gasteiger charge is 2.19. The van der Waals surface area contributed by atoms with Crippen molar-refractivity contribution >= 4 is 38.2 Å². The van der Waals surface area contributed by atoms with E-state index in [1.54, 1.807) is 6.92 Å². The zero-order chi connectivity index (χ0) is 14.1. The third-order valence-electron chi connectivity index (χ3n) is 2.52. The molecule has 0 fully saturated rings. The number of halogens is 1. The molecule has 20 heavy (non-hydrogen) atoms. The van der Waals surface area contributed by atoms with Gasteiger partial charge in [0, 0.05) is 10.0 Å². The molecule has 1 aromatic carbocycles. The summed E-state index contributed by atoms with van der Waals surface area (Å²) in [5, 5.41) is 12.9. The standard InChI is InChI=1S/C12H9BrN4O2S/c1-2-19-11(18)9-14-15-12-17(9)16-10(20-12)7-4-3-5-8(13)6-7/h3-6H,2H2,1H3. The van der Waals surface area contributed by atoms with E-state index in [9.17, 15) is 4.79 Å². The molecule has 0 radical (unpaired) electrons. The molecule has 3 aromatic rings. The zero-order valence-corrected chi connectivity index (χ0v) is 12.8. The molecule has 0 aliphatic heterocycles. The molecule has 0 N–H and O–H groups in total. The predicted molar refractivity (Wildman–Crippen MR) is 77.8 cm³/mol. The molecule has 0 atom stereocenters. The summed E-state index contributed by atoms with van der Waals surface area (Å²) in [5.41, 5.74) is 0.949. The lowest BCUT2D eigenvalue weighted by molar-refractivity contribution is 0.0509. The Kier molecular flexibility index (Phi) is 3.49. The van der Waals surface area contributed by atoms with Crippen LogP contribution in [0.1, 0.15) is 17.5 Å². The van der Waals surface area contributed by atoms with Crippen LogP contribution in [0.25, 0.3) is 15.5 Å². The Bertz CT molecular complexity index is 783. The molecule has 0 amide bonds. The second-order valence-corrected chi connectivity index (χ2v) is 5.73. The number of ether oxygens (including phenoxy) is 1. The summed E-state index contributed by atoms with van der Waals surface area (Å²) in [4.78, 5) is 12.3. The van der Waals surface area contributed by atoms with Crippen LogP contribution in [0.2, 0.25) is 0 Å². The molecule has 2 heterocycles. The number of aromatic nitrogens is 4. The van der Waals surface area contributed by atoms with Crippen molar-refractivity contribution in [2.45, 2.75) is 6.92 Å². The molecule has 6 nitrogen and oxygen atoms in total. The molecule has 0 unspecified atom stereocenters. The van der Waals surface area contributed by atoms with Crippen LogP contribution in [-0.4, -0.2) is 32.4 Å². The van der Waals surface area contributed by atoms with Crippen molar-refractivity contribution < 1.29 is 9.53 Å². The predicted octanol–water partition coefficient (Wildman–Crippen LogP) is 2.79. The molecule has 0 spiro atoms. The normalized spacial score (nSPS) is 10.9. The van der Waals surface area contributed by atoms with Gasteiger partial charge in [-0.15, -0.1) is 10.2 Å². The first-order chi connectivity index (χ1) is 9.69. The smallest absolute Gasteiger partial charge is 0.378 e. The fourth-order valence-corrected chi connectivity index (χ4v) is 2.91. The van der Waals surface area contributed by atoms with Crippen LogP contribution in [0.15, 0.2) is 28.7 Å². The Hall–Kier alpha value is -1.80. The minimum Gasteiger partial charge on any atom is -0.460 e. The lowest BCUT2D eigenvalue weighted by Crippen LogP contribution is -2.10. The van der Waals surface area contributed by atoms with E-state index in [-0.39, 0.29) is 12.4 Å². The SMILES string of the molecule is CCOC(=O)c1nnc2sc(-c3cccc(Br)c3)nn12. The minimum atomic E-state index is -0.522. The summed E-state index contributed by atoms with van der Waals surface area (Å²) in [6, 6.07) is 7.76. The van der Waals surface area contributed by atoms with Gasteiger partial charge in [0.1, 0.15) is 5.01 Å².